The molecule has 0 heterocycles. The minimum Gasteiger partial charge on any atom is -0.481 e. The van der Waals surface area contributed by atoms with Gasteiger partial charge in [0.15, 0.2) is 0 Å². The van der Waals surface area contributed by atoms with Crippen molar-refractivity contribution in [3.63, 3.8) is 0 Å². The van der Waals surface area contributed by atoms with Crippen LogP contribution in [0.4, 0.5) is 0 Å². The van der Waals surface area contributed by atoms with Gasteiger partial charge in [-0.3, -0.25) is 9.59 Å². The molecule has 104 valence electrons. The van der Waals surface area contributed by atoms with E-state index in [4.69, 9.17) is 5.11 Å². The number of hydrogen-bond acceptors (Lipinski definition) is 2. The fourth-order valence-electron chi connectivity index (χ4n) is 1.70. The van der Waals surface area contributed by atoms with E-state index in [0.717, 1.165) is 10.0 Å². The lowest BCUT2D eigenvalue weighted by molar-refractivity contribution is -0.141. The number of carbonyl (C=O) groups is 2. The van der Waals surface area contributed by atoms with Crippen LogP contribution in [0.3, 0.4) is 0 Å². The SMILES string of the molecule is Cc1cc(Br)cc(C(=O)NCCCC(C)C(=O)O)c1. The van der Waals surface area contributed by atoms with Crippen molar-refractivity contribution < 1.29 is 14.7 Å². The molecule has 5 heteroatoms. The highest BCUT2D eigenvalue weighted by atomic mass is 79.9. The van der Waals surface area contributed by atoms with Crippen LogP contribution in [0.15, 0.2) is 22.7 Å². The van der Waals surface area contributed by atoms with E-state index in [2.05, 4.69) is 21.2 Å². The van der Waals surface area contributed by atoms with Gasteiger partial charge in [0.05, 0.1) is 5.92 Å². The van der Waals surface area contributed by atoms with Crippen molar-refractivity contribution in [2.45, 2.75) is 26.7 Å². The molecule has 0 aromatic heterocycles. The van der Waals surface area contributed by atoms with Crippen molar-refractivity contribution in [3.8, 4) is 0 Å². The number of halogens is 1. The number of nitrogens with one attached hydrogen (secondary N) is 1. The first-order valence-corrected chi connectivity index (χ1v) is 6.97. The zero-order valence-electron chi connectivity index (χ0n) is 11.1. The molecule has 1 rings (SSSR count). The van der Waals surface area contributed by atoms with Crippen molar-refractivity contribution >= 4 is 27.8 Å². The molecule has 2 N–H and O–H groups in total. The predicted molar refractivity (Wildman–Crippen MR) is 77.2 cm³/mol. The molecule has 0 fully saturated rings. The van der Waals surface area contributed by atoms with Gasteiger partial charge in [-0.25, -0.2) is 0 Å². The van der Waals surface area contributed by atoms with E-state index in [9.17, 15) is 9.59 Å². The molecule has 0 aliphatic rings. The maximum absolute atomic E-state index is 11.9. The standard InChI is InChI=1S/C14H18BrNO3/c1-9-6-11(8-12(15)7-9)13(17)16-5-3-4-10(2)14(18)19/h6-8,10H,3-5H2,1-2H3,(H,16,17)(H,18,19). The van der Waals surface area contributed by atoms with E-state index in [1.54, 1.807) is 13.0 Å². The molecule has 4 nitrogen and oxygen atoms in total. The molecule has 0 aliphatic carbocycles. The highest BCUT2D eigenvalue weighted by molar-refractivity contribution is 9.10. The van der Waals surface area contributed by atoms with E-state index in [1.165, 1.54) is 0 Å². The summed E-state index contributed by atoms with van der Waals surface area (Å²) in [4.78, 5) is 22.5. The van der Waals surface area contributed by atoms with Crippen molar-refractivity contribution in [1.82, 2.24) is 5.32 Å². The molecule has 0 aliphatic heterocycles. The number of hydrogen-bond donors (Lipinski definition) is 2. The second kappa shape index (κ2) is 7.28. The summed E-state index contributed by atoms with van der Waals surface area (Å²) in [6.07, 6.45) is 1.22. The zero-order chi connectivity index (χ0) is 14.4. The lowest BCUT2D eigenvalue weighted by atomic mass is 10.1. The third-order valence-corrected chi connectivity index (χ3v) is 3.28. The van der Waals surface area contributed by atoms with Crippen LogP contribution in [0.5, 0.6) is 0 Å². The van der Waals surface area contributed by atoms with E-state index < -0.39 is 5.97 Å². The third kappa shape index (κ3) is 5.42. The van der Waals surface area contributed by atoms with Crippen LogP contribution in [0, 0.1) is 12.8 Å². The summed E-state index contributed by atoms with van der Waals surface area (Å²) in [6.45, 7) is 4.08. The van der Waals surface area contributed by atoms with E-state index in [1.807, 2.05) is 19.1 Å². The number of aryl methyl sites for hydroxylation is 1. The first kappa shape index (κ1) is 15.7. The fraction of sp³-hybridized carbons (Fsp3) is 0.429. The van der Waals surface area contributed by atoms with Crippen molar-refractivity contribution in [2.75, 3.05) is 6.54 Å². The van der Waals surface area contributed by atoms with Gasteiger partial charge < -0.3 is 10.4 Å². The molecule has 0 bridgehead atoms. The quantitative estimate of drug-likeness (QED) is 0.789. The first-order chi connectivity index (χ1) is 8.90. The van der Waals surface area contributed by atoms with Crippen LogP contribution in [0.25, 0.3) is 0 Å². The predicted octanol–water partition coefficient (Wildman–Crippen LogP) is 2.99. The van der Waals surface area contributed by atoms with Crippen molar-refractivity contribution in [1.29, 1.82) is 0 Å². The Labute approximate surface area is 121 Å². The second-order valence-electron chi connectivity index (χ2n) is 4.65. The minimum absolute atomic E-state index is 0.132. The Bertz CT molecular complexity index is 454. The summed E-state index contributed by atoms with van der Waals surface area (Å²) < 4.78 is 0.872. The van der Waals surface area contributed by atoms with E-state index in [-0.39, 0.29) is 11.8 Å². The monoisotopic (exact) mass is 327 g/mol. The molecule has 1 aromatic carbocycles. The Morgan fingerprint density at radius 3 is 2.63 bits per heavy atom. The molecule has 0 spiro atoms. The van der Waals surface area contributed by atoms with Gasteiger partial charge in [-0.1, -0.05) is 22.9 Å². The van der Waals surface area contributed by atoms with Gasteiger partial charge >= 0.3 is 5.97 Å². The zero-order valence-corrected chi connectivity index (χ0v) is 12.7. The largest absolute Gasteiger partial charge is 0.481 e. The van der Waals surface area contributed by atoms with Gasteiger partial charge in [0.25, 0.3) is 5.91 Å². The van der Waals surface area contributed by atoms with Crippen LogP contribution in [0.2, 0.25) is 0 Å². The molecule has 0 radical (unpaired) electrons. The maximum Gasteiger partial charge on any atom is 0.306 e. The van der Waals surface area contributed by atoms with Gasteiger partial charge in [0.1, 0.15) is 0 Å². The van der Waals surface area contributed by atoms with Gasteiger partial charge in [-0.2, -0.15) is 0 Å². The number of amides is 1. The second-order valence-corrected chi connectivity index (χ2v) is 5.57. The summed E-state index contributed by atoms with van der Waals surface area (Å²) in [5.74, 6) is -1.30. The normalized spacial score (nSPS) is 11.9. The molecular formula is C14H18BrNO3. The van der Waals surface area contributed by atoms with Crippen LogP contribution in [-0.4, -0.2) is 23.5 Å². The lowest BCUT2D eigenvalue weighted by Crippen LogP contribution is -2.25. The average molecular weight is 328 g/mol. The Morgan fingerprint density at radius 1 is 1.37 bits per heavy atom. The minimum atomic E-state index is -0.797. The van der Waals surface area contributed by atoms with Gasteiger partial charge in [-0.15, -0.1) is 0 Å². The summed E-state index contributed by atoms with van der Waals surface area (Å²) >= 11 is 3.35. The molecule has 1 atom stereocenters. The van der Waals surface area contributed by atoms with Crippen LogP contribution in [0.1, 0.15) is 35.7 Å². The van der Waals surface area contributed by atoms with Gasteiger partial charge in [0.2, 0.25) is 0 Å². The number of carbonyl (C=O) groups excluding carboxylic acids is 1. The summed E-state index contributed by atoms with van der Waals surface area (Å²) in [7, 11) is 0. The molecule has 0 saturated heterocycles. The Hall–Kier alpha value is -1.36. The molecule has 0 saturated carbocycles. The Kier molecular flexibility index (Phi) is 6.02. The number of carboxylic acid groups (broad SMARTS) is 1. The topological polar surface area (TPSA) is 66.4 Å². The highest BCUT2D eigenvalue weighted by Crippen LogP contribution is 2.15. The maximum atomic E-state index is 11.9. The fourth-order valence-corrected chi connectivity index (χ4v) is 2.31. The van der Waals surface area contributed by atoms with Crippen LogP contribution >= 0.6 is 15.9 Å². The molecule has 1 aromatic rings. The number of benzene rings is 1. The van der Waals surface area contributed by atoms with Gasteiger partial charge in [0, 0.05) is 16.6 Å². The number of aliphatic carboxylic acids is 1. The third-order valence-electron chi connectivity index (χ3n) is 2.83. The van der Waals surface area contributed by atoms with Crippen LogP contribution in [-0.2, 0) is 4.79 Å². The number of rotatable bonds is 6. The highest BCUT2D eigenvalue weighted by Gasteiger charge is 2.11. The molecule has 1 unspecified atom stereocenters. The van der Waals surface area contributed by atoms with E-state index in [0.29, 0.717) is 24.9 Å². The molecular weight excluding hydrogens is 310 g/mol. The van der Waals surface area contributed by atoms with E-state index >= 15 is 0 Å². The van der Waals surface area contributed by atoms with Crippen molar-refractivity contribution in [2.24, 2.45) is 5.92 Å². The Morgan fingerprint density at radius 2 is 2.05 bits per heavy atom. The Balaban J connectivity index is 2.41. The smallest absolute Gasteiger partial charge is 0.306 e. The lowest BCUT2D eigenvalue weighted by Gasteiger charge is -2.08. The van der Waals surface area contributed by atoms with Gasteiger partial charge in [-0.05, 0) is 43.5 Å². The molecule has 19 heavy (non-hydrogen) atoms. The van der Waals surface area contributed by atoms with Crippen LogP contribution < -0.4 is 5.32 Å². The average Bonchev–Trinajstić information content (AvgIpc) is 2.32. The summed E-state index contributed by atoms with van der Waals surface area (Å²) in [6, 6.07) is 5.52. The first-order valence-electron chi connectivity index (χ1n) is 6.18. The van der Waals surface area contributed by atoms with Crippen molar-refractivity contribution in [3.05, 3.63) is 33.8 Å². The molecule has 1 amide bonds. The summed E-state index contributed by atoms with van der Waals surface area (Å²) in [5.41, 5.74) is 1.62. The summed E-state index contributed by atoms with van der Waals surface area (Å²) in [5, 5.41) is 11.5. The number of carboxylic acids is 1.